The zero-order valence-corrected chi connectivity index (χ0v) is 17.1. The Morgan fingerprint density at radius 3 is 2.32 bits per heavy atom. The first kappa shape index (κ1) is 18.9. The summed E-state index contributed by atoms with van der Waals surface area (Å²) in [6, 6.07) is 31.3. The van der Waals surface area contributed by atoms with Crippen LogP contribution in [0.2, 0.25) is 0 Å². The van der Waals surface area contributed by atoms with Crippen LogP contribution in [-0.2, 0) is 6.54 Å². The molecule has 0 aliphatic heterocycles. The van der Waals surface area contributed by atoms with Crippen molar-refractivity contribution in [1.82, 2.24) is 9.78 Å². The summed E-state index contributed by atoms with van der Waals surface area (Å²) in [5.41, 5.74) is 3.73. The highest BCUT2D eigenvalue weighted by atomic mass is 16.4. The molecule has 5 nitrogen and oxygen atoms in total. The highest BCUT2D eigenvalue weighted by Crippen LogP contribution is 2.30. The molecule has 1 amide bonds. The van der Waals surface area contributed by atoms with Crippen molar-refractivity contribution in [3.05, 3.63) is 108 Å². The lowest BCUT2D eigenvalue weighted by Crippen LogP contribution is -2.25. The summed E-state index contributed by atoms with van der Waals surface area (Å²) in [7, 11) is 1.74. The molecule has 5 aromatic rings. The topological polar surface area (TPSA) is 51.3 Å². The van der Waals surface area contributed by atoms with E-state index in [1.54, 1.807) is 18.0 Å². The van der Waals surface area contributed by atoms with E-state index in [9.17, 15) is 4.79 Å². The van der Waals surface area contributed by atoms with Gasteiger partial charge in [-0.2, -0.15) is 5.10 Å². The Hall–Kier alpha value is -4.12. The zero-order valence-electron chi connectivity index (χ0n) is 17.1. The van der Waals surface area contributed by atoms with Crippen molar-refractivity contribution in [2.75, 3.05) is 11.9 Å². The van der Waals surface area contributed by atoms with E-state index in [1.165, 1.54) is 5.56 Å². The Morgan fingerprint density at radius 2 is 1.55 bits per heavy atom. The van der Waals surface area contributed by atoms with Gasteiger partial charge < -0.3 is 9.32 Å². The Balaban J connectivity index is 1.49. The number of nitrogens with zero attached hydrogens (tertiary/aromatic N) is 3. The Kier molecular flexibility index (Phi) is 4.84. The molecule has 5 rings (SSSR count). The first-order valence-electron chi connectivity index (χ1n) is 10.1. The molecule has 0 saturated carbocycles. The summed E-state index contributed by atoms with van der Waals surface area (Å²) in [5, 5.41) is 5.82. The van der Waals surface area contributed by atoms with Crippen LogP contribution >= 0.6 is 0 Å². The highest BCUT2D eigenvalue weighted by molar-refractivity contribution is 6.04. The number of anilines is 1. The first-order chi connectivity index (χ1) is 15.2. The van der Waals surface area contributed by atoms with Gasteiger partial charge in [0, 0.05) is 18.1 Å². The van der Waals surface area contributed by atoms with Gasteiger partial charge >= 0.3 is 0 Å². The van der Waals surface area contributed by atoms with Crippen molar-refractivity contribution >= 4 is 22.5 Å². The van der Waals surface area contributed by atoms with Crippen molar-refractivity contribution < 1.29 is 9.21 Å². The number of hydrogen-bond donors (Lipinski definition) is 0. The Morgan fingerprint density at radius 1 is 0.871 bits per heavy atom. The molecule has 0 aliphatic carbocycles. The maximum atomic E-state index is 12.9. The minimum atomic E-state index is -0.203. The van der Waals surface area contributed by atoms with E-state index in [0.29, 0.717) is 12.3 Å². The van der Waals surface area contributed by atoms with Gasteiger partial charge in [0.2, 0.25) is 0 Å². The fourth-order valence-electron chi connectivity index (χ4n) is 3.70. The number of amides is 1. The first-order valence-corrected chi connectivity index (χ1v) is 10.1. The largest absolute Gasteiger partial charge is 0.449 e. The van der Waals surface area contributed by atoms with Crippen LogP contribution in [-0.4, -0.2) is 22.7 Å². The normalized spacial score (nSPS) is 11.0. The minimum absolute atomic E-state index is 0.203. The van der Waals surface area contributed by atoms with Crippen molar-refractivity contribution in [2.45, 2.75) is 6.54 Å². The lowest BCUT2D eigenvalue weighted by molar-refractivity contribution is 0.0967. The molecule has 0 atom stereocenters. The van der Waals surface area contributed by atoms with Crippen molar-refractivity contribution in [3.63, 3.8) is 0 Å². The molecule has 0 aliphatic rings. The van der Waals surface area contributed by atoms with Gasteiger partial charge in [0.15, 0.2) is 11.5 Å². The van der Waals surface area contributed by atoms with Gasteiger partial charge in [-0.05, 0) is 35.9 Å². The molecule has 0 fully saturated rings. The summed E-state index contributed by atoms with van der Waals surface area (Å²) < 4.78 is 7.95. The molecule has 0 unspecified atom stereocenters. The SMILES string of the molecule is CN(C(=O)c1ccc(-c2nn(Cc3ccccc3)c3ccccc23)o1)c1ccccc1. The van der Waals surface area contributed by atoms with Gasteiger partial charge in [0.1, 0.15) is 5.69 Å². The monoisotopic (exact) mass is 407 g/mol. The molecule has 0 radical (unpaired) electrons. The van der Waals surface area contributed by atoms with Crippen LogP contribution in [0.15, 0.2) is 101 Å². The van der Waals surface area contributed by atoms with E-state index in [2.05, 4.69) is 12.1 Å². The lowest BCUT2D eigenvalue weighted by atomic mass is 10.2. The average molecular weight is 407 g/mol. The smallest absolute Gasteiger partial charge is 0.293 e. The predicted molar refractivity (Wildman–Crippen MR) is 122 cm³/mol. The van der Waals surface area contributed by atoms with Crippen molar-refractivity contribution in [2.24, 2.45) is 0 Å². The summed E-state index contributed by atoms with van der Waals surface area (Å²) >= 11 is 0. The van der Waals surface area contributed by atoms with Crippen LogP contribution in [0.1, 0.15) is 16.1 Å². The van der Waals surface area contributed by atoms with Gasteiger partial charge in [0.25, 0.3) is 5.91 Å². The van der Waals surface area contributed by atoms with Crippen LogP contribution in [0.25, 0.3) is 22.4 Å². The Labute approximate surface area is 180 Å². The number of carbonyl (C=O) groups is 1. The molecule has 2 heterocycles. The van der Waals surface area contributed by atoms with Crippen LogP contribution in [0.3, 0.4) is 0 Å². The molecule has 2 aromatic heterocycles. The van der Waals surface area contributed by atoms with E-state index in [4.69, 9.17) is 9.52 Å². The Bertz CT molecular complexity index is 1340. The molecule has 3 aromatic carbocycles. The fraction of sp³-hybridized carbons (Fsp3) is 0.0769. The van der Waals surface area contributed by atoms with E-state index < -0.39 is 0 Å². The highest BCUT2D eigenvalue weighted by Gasteiger charge is 2.20. The maximum absolute atomic E-state index is 12.9. The fourth-order valence-corrected chi connectivity index (χ4v) is 3.70. The average Bonchev–Trinajstić information content (AvgIpc) is 3.45. The number of para-hydroxylation sites is 2. The van der Waals surface area contributed by atoms with Gasteiger partial charge in [-0.1, -0.05) is 66.7 Å². The number of fused-ring (bicyclic) bond motifs is 1. The van der Waals surface area contributed by atoms with Crippen LogP contribution in [0, 0.1) is 0 Å². The summed E-state index contributed by atoms with van der Waals surface area (Å²) in [6.07, 6.45) is 0. The molecule has 152 valence electrons. The van der Waals surface area contributed by atoms with E-state index >= 15 is 0 Å². The lowest BCUT2D eigenvalue weighted by Gasteiger charge is -2.15. The number of hydrogen-bond acceptors (Lipinski definition) is 3. The molecular formula is C26H21N3O2. The summed E-state index contributed by atoms with van der Waals surface area (Å²) in [5.74, 6) is 0.654. The zero-order chi connectivity index (χ0) is 21.2. The maximum Gasteiger partial charge on any atom is 0.293 e. The second-order valence-electron chi connectivity index (χ2n) is 7.37. The second kappa shape index (κ2) is 7.95. The number of furan rings is 1. The molecule has 0 bridgehead atoms. The third kappa shape index (κ3) is 3.62. The molecule has 31 heavy (non-hydrogen) atoms. The summed E-state index contributed by atoms with van der Waals surface area (Å²) in [4.78, 5) is 14.5. The van der Waals surface area contributed by atoms with Gasteiger partial charge in [-0.3, -0.25) is 9.48 Å². The molecule has 5 heteroatoms. The van der Waals surface area contributed by atoms with E-state index in [0.717, 1.165) is 22.3 Å². The number of aromatic nitrogens is 2. The summed E-state index contributed by atoms with van der Waals surface area (Å²) in [6.45, 7) is 0.657. The van der Waals surface area contributed by atoms with E-state index in [-0.39, 0.29) is 11.7 Å². The van der Waals surface area contributed by atoms with Gasteiger partial charge in [-0.15, -0.1) is 0 Å². The second-order valence-corrected chi connectivity index (χ2v) is 7.37. The number of carbonyl (C=O) groups excluding carboxylic acids is 1. The standard InChI is InChI=1S/C26H21N3O2/c1-28(20-12-6-3-7-13-20)26(30)24-17-16-23(31-24)25-21-14-8-9-15-22(21)29(27-25)18-19-10-4-2-5-11-19/h2-17H,18H2,1H3. The third-order valence-electron chi connectivity index (χ3n) is 5.33. The number of benzene rings is 3. The van der Waals surface area contributed by atoms with Gasteiger partial charge in [-0.25, -0.2) is 0 Å². The molecular weight excluding hydrogens is 386 g/mol. The quantitative estimate of drug-likeness (QED) is 0.380. The van der Waals surface area contributed by atoms with Crippen LogP contribution in [0.5, 0.6) is 0 Å². The van der Waals surface area contributed by atoms with Crippen molar-refractivity contribution in [3.8, 4) is 11.5 Å². The third-order valence-corrected chi connectivity index (χ3v) is 5.33. The minimum Gasteiger partial charge on any atom is -0.449 e. The van der Waals surface area contributed by atoms with Crippen LogP contribution < -0.4 is 4.90 Å². The molecule has 0 saturated heterocycles. The number of rotatable bonds is 5. The van der Waals surface area contributed by atoms with Crippen molar-refractivity contribution in [1.29, 1.82) is 0 Å². The van der Waals surface area contributed by atoms with Crippen LogP contribution in [0.4, 0.5) is 5.69 Å². The predicted octanol–water partition coefficient (Wildman–Crippen LogP) is 5.62. The van der Waals surface area contributed by atoms with E-state index in [1.807, 2.05) is 83.5 Å². The molecule has 0 spiro atoms. The molecule has 0 N–H and O–H groups in total. The van der Waals surface area contributed by atoms with Gasteiger partial charge in [0.05, 0.1) is 12.1 Å².